The molecule has 0 aromatic carbocycles. The zero-order valence-electron chi connectivity index (χ0n) is 11.1. The van der Waals surface area contributed by atoms with Gasteiger partial charge in [0.15, 0.2) is 0 Å². The van der Waals surface area contributed by atoms with Gasteiger partial charge in [0.2, 0.25) is 5.91 Å². The molecule has 1 aromatic heterocycles. The van der Waals surface area contributed by atoms with E-state index in [2.05, 4.69) is 18.3 Å². The maximum Gasteiger partial charge on any atom is 0.310 e. The van der Waals surface area contributed by atoms with Crippen LogP contribution in [0, 0.1) is 12.3 Å². The predicted molar refractivity (Wildman–Crippen MR) is 74.3 cm³/mol. The minimum Gasteiger partial charge on any atom is -0.481 e. The summed E-state index contributed by atoms with van der Waals surface area (Å²) in [5, 5.41) is 14.0. The second-order valence-corrected chi connectivity index (χ2v) is 6.24. The highest BCUT2D eigenvalue weighted by Crippen LogP contribution is 2.44. The largest absolute Gasteiger partial charge is 0.481 e. The first kappa shape index (κ1) is 14.1. The van der Waals surface area contributed by atoms with Crippen LogP contribution >= 0.6 is 11.3 Å². The van der Waals surface area contributed by atoms with Gasteiger partial charge in [0.05, 0.1) is 5.41 Å². The fourth-order valence-corrected chi connectivity index (χ4v) is 3.33. The molecule has 5 heteroatoms. The highest BCUT2D eigenvalue weighted by molar-refractivity contribution is 7.10. The Morgan fingerprint density at radius 3 is 2.68 bits per heavy atom. The molecule has 0 saturated heterocycles. The van der Waals surface area contributed by atoms with Crippen molar-refractivity contribution in [1.29, 1.82) is 0 Å². The smallest absolute Gasteiger partial charge is 0.310 e. The van der Waals surface area contributed by atoms with Crippen LogP contribution in [0.2, 0.25) is 0 Å². The maximum atomic E-state index is 11.8. The SMILES string of the molecule is Cc1ccsc1CCNC(=O)CC1(C(=O)O)CCC1. The van der Waals surface area contributed by atoms with Gasteiger partial charge in [-0.2, -0.15) is 0 Å². The van der Waals surface area contributed by atoms with E-state index in [9.17, 15) is 9.59 Å². The molecule has 1 aromatic rings. The summed E-state index contributed by atoms with van der Waals surface area (Å²) in [6.07, 6.45) is 3.09. The quantitative estimate of drug-likeness (QED) is 0.841. The molecular weight excluding hydrogens is 262 g/mol. The summed E-state index contributed by atoms with van der Waals surface area (Å²) < 4.78 is 0. The number of carbonyl (C=O) groups excluding carboxylic acids is 1. The molecule has 0 unspecified atom stereocenters. The molecule has 4 nitrogen and oxygen atoms in total. The van der Waals surface area contributed by atoms with Gasteiger partial charge in [0.1, 0.15) is 0 Å². The molecule has 0 radical (unpaired) electrons. The van der Waals surface area contributed by atoms with E-state index in [1.165, 1.54) is 10.4 Å². The van der Waals surface area contributed by atoms with Crippen molar-refractivity contribution in [3.8, 4) is 0 Å². The van der Waals surface area contributed by atoms with Gasteiger partial charge >= 0.3 is 5.97 Å². The summed E-state index contributed by atoms with van der Waals surface area (Å²) in [5.41, 5.74) is 0.461. The third kappa shape index (κ3) is 3.15. The van der Waals surface area contributed by atoms with E-state index in [1.807, 2.05) is 5.38 Å². The third-order valence-corrected chi connectivity index (χ3v) is 4.99. The van der Waals surface area contributed by atoms with Crippen LogP contribution in [0.25, 0.3) is 0 Å². The Balaban J connectivity index is 1.76. The van der Waals surface area contributed by atoms with Gasteiger partial charge in [-0.05, 0) is 43.2 Å². The van der Waals surface area contributed by atoms with Crippen molar-refractivity contribution in [2.24, 2.45) is 5.41 Å². The number of amides is 1. The fourth-order valence-electron chi connectivity index (χ4n) is 2.42. The van der Waals surface area contributed by atoms with Crippen molar-refractivity contribution in [1.82, 2.24) is 5.32 Å². The first-order valence-corrected chi connectivity index (χ1v) is 7.44. The van der Waals surface area contributed by atoms with E-state index in [0.29, 0.717) is 19.4 Å². The maximum absolute atomic E-state index is 11.8. The minimum absolute atomic E-state index is 0.117. The molecule has 19 heavy (non-hydrogen) atoms. The second kappa shape index (κ2) is 5.74. The zero-order valence-corrected chi connectivity index (χ0v) is 11.9. The van der Waals surface area contributed by atoms with Gasteiger partial charge in [-0.25, -0.2) is 0 Å². The van der Waals surface area contributed by atoms with E-state index in [1.54, 1.807) is 11.3 Å². The van der Waals surface area contributed by atoms with Crippen LogP contribution < -0.4 is 5.32 Å². The molecule has 0 atom stereocenters. The van der Waals surface area contributed by atoms with Crippen LogP contribution in [0.5, 0.6) is 0 Å². The summed E-state index contributed by atoms with van der Waals surface area (Å²) >= 11 is 1.69. The molecule has 0 bridgehead atoms. The summed E-state index contributed by atoms with van der Waals surface area (Å²) in [6.45, 7) is 2.64. The molecule has 0 spiro atoms. The van der Waals surface area contributed by atoms with Crippen LogP contribution in [0.1, 0.15) is 36.1 Å². The Morgan fingerprint density at radius 1 is 1.47 bits per heavy atom. The predicted octanol–water partition coefficient (Wildman–Crippen LogP) is 2.36. The molecular formula is C14H19NO3S. The molecule has 1 aliphatic rings. The summed E-state index contributed by atoms with van der Waals surface area (Å²) in [5.74, 6) is -0.973. The number of nitrogens with one attached hydrogen (secondary N) is 1. The van der Waals surface area contributed by atoms with Crippen LogP contribution in [-0.2, 0) is 16.0 Å². The molecule has 104 valence electrons. The number of hydrogen-bond donors (Lipinski definition) is 2. The van der Waals surface area contributed by atoms with Crippen molar-refractivity contribution in [2.45, 2.75) is 39.0 Å². The number of carboxylic acid groups (broad SMARTS) is 1. The van der Waals surface area contributed by atoms with Crippen LogP contribution in [0.3, 0.4) is 0 Å². The Bertz CT molecular complexity index is 477. The zero-order chi connectivity index (χ0) is 13.9. The van der Waals surface area contributed by atoms with Gasteiger partial charge in [0.25, 0.3) is 0 Å². The number of aliphatic carboxylic acids is 1. The van der Waals surface area contributed by atoms with Crippen molar-refractivity contribution in [3.63, 3.8) is 0 Å². The molecule has 1 amide bonds. The molecule has 2 rings (SSSR count). The Kier molecular flexibility index (Phi) is 4.24. The third-order valence-electron chi connectivity index (χ3n) is 3.91. The lowest BCUT2D eigenvalue weighted by molar-refractivity contribution is -0.157. The number of hydrogen-bond acceptors (Lipinski definition) is 3. The average molecular weight is 281 g/mol. The highest BCUT2D eigenvalue weighted by Gasteiger charge is 2.45. The van der Waals surface area contributed by atoms with E-state index < -0.39 is 11.4 Å². The van der Waals surface area contributed by atoms with E-state index in [-0.39, 0.29) is 12.3 Å². The molecule has 2 N–H and O–H groups in total. The van der Waals surface area contributed by atoms with Crippen molar-refractivity contribution in [2.75, 3.05) is 6.54 Å². The van der Waals surface area contributed by atoms with Gasteiger partial charge < -0.3 is 10.4 Å². The monoisotopic (exact) mass is 281 g/mol. The van der Waals surface area contributed by atoms with Gasteiger partial charge in [0, 0.05) is 17.8 Å². The number of rotatable bonds is 6. The molecule has 1 heterocycles. The van der Waals surface area contributed by atoms with Crippen LogP contribution in [0.15, 0.2) is 11.4 Å². The van der Waals surface area contributed by atoms with Gasteiger partial charge in [-0.3, -0.25) is 9.59 Å². The normalized spacial score (nSPS) is 16.7. The van der Waals surface area contributed by atoms with Crippen molar-refractivity contribution < 1.29 is 14.7 Å². The average Bonchev–Trinajstić information content (AvgIpc) is 2.69. The number of carboxylic acids is 1. The highest BCUT2D eigenvalue weighted by atomic mass is 32.1. The summed E-state index contributed by atoms with van der Waals surface area (Å²) in [7, 11) is 0. The Morgan fingerprint density at radius 2 is 2.21 bits per heavy atom. The lowest BCUT2D eigenvalue weighted by atomic mass is 9.66. The number of thiophene rings is 1. The number of aryl methyl sites for hydroxylation is 1. The fraction of sp³-hybridized carbons (Fsp3) is 0.571. The molecule has 1 saturated carbocycles. The molecule has 1 aliphatic carbocycles. The van der Waals surface area contributed by atoms with Gasteiger partial charge in [-0.1, -0.05) is 6.42 Å². The standard InChI is InChI=1S/C14H19NO3S/c1-10-4-8-19-11(10)3-7-15-12(16)9-14(13(17)18)5-2-6-14/h4,8H,2-3,5-7,9H2,1H3,(H,15,16)(H,17,18). The van der Waals surface area contributed by atoms with Gasteiger partial charge in [-0.15, -0.1) is 11.3 Å². The van der Waals surface area contributed by atoms with E-state index in [4.69, 9.17) is 5.11 Å². The van der Waals surface area contributed by atoms with Crippen molar-refractivity contribution >= 4 is 23.2 Å². The topological polar surface area (TPSA) is 66.4 Å². The lowest BCUT2D eigenvalue weighted by Gasteiger charge is -2.36. The van der Waals surface area contributed by atoms with Crippen molar-refractivity contribution in [3.05, 3.63) is 21.9 Å². The van der Waals surface area contributed by atoms with Crippen LogP contribution in [0.4, 0.5) is 0 Å². The van der Waals surface area contributed by atoms with Crippen LogP contribution in [-0.4, -0.2) is 23.5 Å². The minimum atomic E-state index is -0.831. The first-order chi connectivity index (χ1) is 9.03. The Hall–Kier alpha value is -1.36. The summed E-state index contributed by atoms with van der Waals surface area (Å²) in [4.78, 5) is 24.2. The van der Waals surface area contributed by atoms with E-state index in [0.717, 1.165) is 12.8 Å². The first-order valence-electron chi connectivity index (χ1n) is 6.57. The number of carbonyl (C=O) groups is 2. The molecule has 1 fully saturated rings. The lowest BCUT2D eigenvalue weighted by Crippen LogP contribution is -2.42. The second-order valence-electron chi connectivity index (χ2n) is 5.24. The Labute approximate surface area is 116 Å². The van der Waals surface area contributed by atoms with E-state index >= 15 is 0 Å². The summed E-state index contributed by atoms with van der Waals surface area (Å²) in [6, 6.07) is 2.07. The molecule has 0 aliphatic heterocycles.